The smallest absolute Gasteiger partial charge is 0.188 e. The molecule has 0 radical (unpaired) electrons. The van der Waals surface area contributed by atoms with Gasteiger partial charge in [-0.25, -0.2) is 15.0 Å². The van der Waals surface area contributed by atoms with Crippen molar-refractivity contribution in [3.05, 3.63) is 27.6 Å². The normalized spacial score (nSPS) is 10.3. The molecule has 0 aliphatic carbocycles. The van der Waals surface area contributed by atoms with Gasteiger partial charge in [0.05, 0.1) is 10.2 Å². The largest absolute Gasteiger partial charge is 0.315 e. The molecule has 0 unspecified atom stereocenters. The molecule has 0 fully saturated rings. The van der Waals surface area contributed by atoms with Gasteiger partial charge in [0.15, 0.2) is 5.13 Å². The number of hydrogen-bond acceptors (Lipinski definition) is 5. The molecule has 2 rings (SSSR count). The van der Waals surface area contributed by atoms with Crippen molar-refractivity contribution in [2.75, 3.05) is 5.32 Å². The van der Waals surface area contributed by atoms with Crippen LogP contribution in [0.25, 0.3) is 0 Å². The number of hydrogen-bond donors (Lipinski definition) is 1. The topological polar surface area (TPSA) is 50.7 Å². The van der Waals surface area contributed by atoms with E-state index in [2.05, 4.69) is 36.2 Å². The number of rotatable bonds is 2. The number of nitrogens with one attached hydrogen (secondary N) is 1. The predicted octanol–water partition coefficient (Wildman–Crippen LogP) is 3.06. The van der Waals surface area contributed by atoms with E-state index in [9.17, 15) is 0 Å². The average Bonchev–Trinajstić information content (AvgIpc) is 2.50. The molecular weight excluding hydrogens is 276 g/mol. The summed E-state index contributed by atoms with van der Waals surface area (Å²) in [7, 11) is 0. The summed E-state index contributed by atoms with van der Waals surface area (Å²) in [5, 5.41) is 3.99. The highest BCUT2D eigenvalue weighted by Gasteiger charge is 2.06. The first kappa shape index (κ1) is 10.5. The molecule has 0 atom stereocenters. The third kappa shape index (κ3) is 2.32. The Morgan fingerprint density at radius 2 is 2.20 bits per heavy atom. The first-order valence-electron chi connectivity index (χ1n) is 4.33. The summed E-state index contributed by atoms with van der Waals surface area (Å²) in [6, 6.07) is 0. The number of aryl methyl sites for hydroxylation is 2. The van der Waals surface area contributed by atoms with E-state index in [1.165, 1.54) is 11.2 Å². The van der Waals surface area contributed by atoms with Crippen molar-refractivity contribution in [2.24, 2.45) is 0 Å². The van der Waals surface area contributed by atoms with Crippen LogP contribution in [0.5, 0.6) is 0 Å². The minimum Gasteiger partial charge on any atom is -0.315 e. The van der Waals surface area contributed by atoms with Gasteiger partial charge in [-0.05, 0) is 29.8 Å². The molecule has 0 bridgehead atoms. The number of thiazole rings is 1. The lowest BCUT2D eigenvalue weighted by Crippen LogP contribution is -1.94. The van der Waals surface area contributed by atoms with Gasteiger partial charge in [0.2, 0.25) is 0 Å². The molecule has 0 saturated carbocycles. The Morgan fingerprint density at radius 3 is 2.80 bits per heavy atom. The molecule has 0 aliphatic heterocycles. The van der Waals surface area contributed by atoms with Crippen LogP contribution in [0, 0.1) is 13.8 Å². The van der Waals surface area contributed by atoms with Crippen LogP contribution >= 0.6 is 27.3 Å². The third-order valence-electron chi connectivity index (χ3n) is 1.92. The SMILES string of the molecule is Cc1nc(Nc2ncncc2Br)sc1C. The fourth-order valence-electron chi connectivity index (χ4n) is 1.03. The molecule has 2 heterocycles. The van der Waals surface area contributed by atoms with Gasteiger partial charge in [0, 0.05) is 11.1 Å². The van der Waals surface area contributed by atoms with Crippen molar-refractivity contribution in [1.82, 2.24) is 15.0 Å². The Hall–Kier alpha value is -1.01. The number of nitrogens with zero attached hydrogens (tertiary/aromatic N) is 3. The first-order valence-corrected chi connectivity index (χ1v) is 5.94. The van der Waals surface area contributed by atoms with Crippen molar-refractivity contribution in [3.8, 4) is 0 Å². The van der Waals surface area contributed by atoms with Crippen LogP contribution in [0.1, 0.15) is 10.6 Å². The van der Waals surface area contributed by atoms with Gasteiger partial charge < -0.3 is 5.32 Å². The minimum atomic E-state index is 0.735. The highest BCUT2D eigenvalue weighted by molar-refractivity contribution is 9.10. The van der Waals surface area contributed by atoms with E-state index in [1.54, 1.807) is 17.5 Å². The van der Waals surface area contributed by atoms with Gasteiger partial charge in [-0.3, -0.25) is 0 Å². The average molecular weight is 285 g/mol. The molecule has 1 N–H and O–H groups in total. The molecule has 15 heavy (non-hydrogen) atoms. The maximum atomic E-state index is 4.37. The quantitative estimate of drug-likeness (QED) is 0.921. The highest BCUT2D eigenvalue weighted by atomic mass is 79.9. The van der Waals surface area contributed by atoms with E-state index in [-0.39, 0.29) is 0 Å². The van der Waals surface area contributed by atoms with Crippen LogP contribution in [-0.4, -0.2) is 15.0 Å². The first-order chi connectivity index (χ1) is 7.16. The molecule has 78 valence electrons. The summed E-state index contributed by atoms with van der Waals surface area (Å²) < 4.78 is 0.829. The molecule has 0 aliphatic rings. The van der Waals surface area contributed by atoms with Crippen LogP contribution in [0.3, 0.4) is 0 Å². The predicted molar refractivity (Wildman–Crippen MR) is 64.6 cm³/mol. The van der Waals surface area contributed by atoms with Crippen LogP contribution in [0.15, 0.2) is 17.0 Å². The zero-order valence-electron chi connectivity index (χ0n) is 8.28. The van der Waals surface area contributed by atoms with Gasteiger partial charge in [0.25, 0.3) is 0 Å². The second-order valence-electron chi connectivity index (χ2n) is 3.00. The van der Waals surface area contributed by atoms with Crippen LogP contribution in [0.2, 0.25) is 0 Å². The van der Waals surface area contributed by atoms with Crippen molar-refractivity contribution in [2.45, 2.75) is 13.8 Å². The molecule has 0 amide bonds. The third-order valence-corrected chi connectivity index (χ3v) is 3.49. The van der Waals surface area contributed by atoms with Gasteiger partial charge >= 0.3 is 0 Å². The lowest BCUT2D eigenvalue weighted by molar-refractivity contribution is 1.14. The zero-order valence-corrected chi connectivity index (χ0v) is 10.7. The van der Waals surface area contributed by atoms with Gasteiger partial charge in [-0.1, -0.05) is 0 Å². The van der Waals surface area contributed by atoms with Crippen molar-refractivity contribution < 1.29 is 0 Å². The van der Waals surface area contributed by atoms with E-state index in [4.69, 9.17) is 0 Å². The Bertz CT molecular complexity index is 463. The molecule has 2 aromatic rings. The van der Waals surface area contributed by atoms with E-state index in [1.807, 2.05) is 13.8 Å². The Balaban J connectivity index is 2.26. The summed E-state index contributed by atoms with van der Waals surface area (Å²) in [5.41, 5.74) is 1.05. The second-order valence-corrected chi connectivity index (χ2v) is 5.06. The summed E-state index contributed by atoms with van der Waals surface area (Å²) >= 11 is 4.98. The zero-order chi connectivity index (χ0) is 10.8. The molecule has 2 aromatic heterocycles. The summed E-state index contributed by atoms with van der Waals surface area (Å²) in [5.74, 6) is 0.735. The Morgan fingerprint density at radius 1 is 1.40 bits per heavy atom. The van der Waals surface area contributed by atoms with Gasteiger partial charge in [-0.2, -0.15) is 0 Å². The lowest BCUT2D eigenvalue weighted by atomic mass is 10.4. The number of anilines is 2. The highest BCUT2D eigenvalue weighted by Crippen LogP contribution is 2.26. The number of aromatic nitrogens is 3. The summed E-state index contributed by atoms with van der Waals surface area (Å²) in [6.07, 6.45) is 3.20. The van der Waals surface area contributed by atoms with E-state index in [0.29, 0.717) is 0 Å². The summed E-state index contributed by atoms with van der Waals surface area (Å²) in [6.45, 7) is 4.04. The molecule has 0 saturated heterocycles. The molecular formula is C9H9BrN4S. The van der Waals surface area contributed by atoms with E-state index in [0.717, 1.165) is 21.1 Å². The summed E-state index contributed by atoms with van der Waals surface area (Å²) in [4.78, 5) is 13.6. The van der Waals surface area contributed by atoms with Crippen LogP contribution < -0.4 is 5.32 Å². The van der Waals surface area contributed by atoms with Crippen molar-refractivity contribution in [1.29, 1.82) is 0 Å². The lowest BCUT2D eigenvalue weighted by Gasteiger charge is -2.01. The Labute approximate surface area is 99.9 Å². The van der Waals surface area contributed by atoms with Crippen LogP contribution in [0.4, 0.5) is 10.9 Å². The standard InChI is InChI=1S/C9H9BrN4S/c1-5-6(2)15-9(13-5)14-8-7(10)3-11-4-12-8/h3-4H,1-2H3,(H,11,12,13,14). The maximum absolute atomic E-state index is 4.37. The fraction of sp³-hybridized carbons (Fsp3) is 0.222. The molecule has 0 spiro atoms. The van der Waals surface area contributed by atoms with Crippen LogP contribution in [-0.2, 0) is 0 Å². The number of halogens is 1. The maximum Gasteiger partial charge on any atom is 0.188 e. The second kappa shape index (κ2) is 4.24. The molecule has 6 heteroatoms. The monoisotopic (exact) mass is 284 g/mol. The van der Waals surface area contributed by atoms with Gasteiger partial charge in [0.1, 0.15) is 12.1 Å². The molecule has 0 aromatic carbocycles. The van der Waals surface area contributed by atoms with E-state index < -0.39 is 0 Å². The molecule has 4 nitrogen and oxygen atoms in total. The van der Waals surface area contributed by atoms with Gasteiger partial charge in [-0.15, -0.1) is 11.3 Å². The minimum absolute atomic E-state index is 0.735. The van der Waals surface area contributed by atoms with Crippen molar-refractivity contribution >= 4 is 38.2 Å². The fourth-order valence-corrected chi connectivity index (χ4v) is 2.17. The van der Waals surface area contributed by atoms with E-state index >= 15 is 0 Å². The van der Waals surface area contributed by atoms with Crippen molar-refractivity contribution in [3.63, 3.8) is 0 Å². The Kier molecular flexibility index (Phi) is 2.97.